The van der Waals surface area contributed by atoms with E-state index in [4.69, 9.17) is 14.6 Å². The van der Waals surface area contributed by atoms with Gasteiger partial charge in [-0.15, -0.1) is 0 Å². The van der Waals surface area contributed by atoms with Crippen molar-refractivity contribution in [3.8, 4) is 0 Å². The summed E-state index contributed by atoms with van der Waals surface area (Å²) < 4.78 is 9.91. The number of rotatable bonds is 6. The van der Waals surface area contributed by atoms with Crippen LogP contribution in [0.3, 0.4) is 0 Å². The number of likely N-dealkylation sites (N-methyl/N-ethyl adjacent to an activating group) is 1. The molecule has 0 spiro atoms. The second-order valence-corrected chi connectivity index (χ2v) is 5.35. The average Bonchev–Trinajstić information content (AvgIpc) is 2.22. The Balaban J connectivity index is 4.19. The van der Waals surface area contributed by atoms with E-state index in [0.717, 1.165) is 0 Å². The van der Waals surface area contributed by atoms with Crippen molar-refractivity contribution in [2.24, 2.45) is 0 Å². The van der Waals surface area contributed by atoms with Crippen LogP contribution >= 0.6 is 0 Å². The maximum absolute atomic E-state index is 11.6. The molecule has 7 heteroatoms. The maximum atomic E-state index is 11.6. The zero-order valence-corrected chi connectivity index (χ0v) is 12.2. The first-order valence-corrected chi connectivity index (χ1v) is 6.07. The number of alkyl carbamates (subject to hydrolysis) is 1. The van der Waals surface area contributed by atoms with Crippen molar-refractivity contribution < 1.29 is 24.2 Å². The molecule has 2 N–H and O–H groups in total. The van der Waals surface area contributed by atoms with Crippen molar-refractivity contribution in [3.05, 3.63) is 0 Å². The molecule has 0 bridgehead atoms. The summed E-state index contributed by atoms with van der Waals surface area (Å²) in [5, 5.41) is 11.3. The van der Waals surface area contributed by atoms with Crippen LogP contribution in [0.2, 0.25) is 0 Å². The standard InChI is InChI=1S/C12H24N2O5/c1-12(2,3)19-11(17)13-9(8-15)10(16)18-7-6-14(4)5/h9,15H,6-8H2,1-5H3,(H,13,17)/t9-/m0/s1. The van der Waals surface area contributed by atoms with Gasteiger partial charge in [-0.25, -0.2) is 9.59 Å². The van der Waals surface area contributed by atoms with E-state index in [0.29, 0.717) is 6.54 Å². The van der Waals surface area contributed by atoms with Crippen LogP contribution in [0.1, 0.15) is 20.8 Å². The van der Waals surface area contributed by atoms with Crippen LogP contribution in [-0.4, -0.2) is 67.6 Å². The van der Waals surface area contributed by atoms with E-state index in [1.165, 1.54) is 0 Å². The van der Waals surface area contributed by atoms with Gasteiger partial charge in [0.2, 0.25) is 0 Å². The van der Waals surface area contributed by atoms with Gasteiger partial charge in [0, 0.05) is 6.54 Å². The third-order valence-electron chi connectivity index (χ3n) is 1.94. The van der Waals surface area contributed by atoms with Crippen LogP contribution in [0.4, 0.5) is 4.79 Å². The molecule has 0 aromatic carbocycles. The monoisotopic (exact) mass is 276 g/mol. The Morgan fingerprint density at radius 3 is 2.32 bits per heavy atom. The number of hydrogen-bond acceptors (Lipinski definition) is 6. The summed E-state index contributed by atoms with van der Waals surface area (Å²) in [5.41, 5.74) is -0.668. The lowest BCUT2D eigenvalue weighted by Gasteiger charge is -2.22. The Labute approximate surface area is 113 Å². The highest BCUT2D eigenvalue weighted by molar-refractivity contribution is 5.81. The molecule has 19 heavy (non-hydrogen) atoms. The average molecular weight is 276 g/mol. The molecule has 0 unspecified atom stereocenters. The highest BCUT2D eigenvalue weighted by Crippen LogP contribution is 2.06. The van der Waals surface area contributed by atoms with Crippen LogP contribution in [0.15, 0.2) is 0 Å². The summed E-state index contributed by atoms with van der Waals surface area (Å²) in [6, 6.07) is -1.11. The van der Waals surface area contributed by atoms with Crippen LogP contribution in [0.25, 0.3) is 0 Å². The van der Waals surface area contributed by atoms with Crippen LogP contribution in [0, 0.1) is 0 Å². The molecule has 0 saturated heterocycles. The van der Waals surface area contributed by atoms with Gasteiger partial charge in [0.25, 0.3) is 0 Å². The number of nitrogens with zero attached hydrogens (tertiary/aromatic N) is 1. The molecule has 0 aliphatic carbocycles. The number of nitrogens with one attached hydrogen (secondary N) is 1. The van der Waals surface area contributed by atoms with Crippen molar-refractivity contribution in [1.29, 1.82) is 0 Å². The van der Waals surface area contributed by atoms with Crippen molar-refractivity contribution in [1.82, 2.24) is 10.2 Å². The minimum Gasteiger partial charge on any atom is -0.463 e. The van der Waals surface area contributed by atoms with E-state index in [1.54, 1.807) is 20.8 Å². The summed E-state index contributed by atoms with van der Waals surface area (Å²) in [5.74, 6) is -0.685. The summed E-state index contributed by atoms with van der Waals surface area (Å²) in [7, 11) is 3.69. The van der Waals surface area contributed by atoms with Crippen LogP contribution in [0.5, 0.6) is 0 Å². The van der Waals surface area contributed by atoms with Crippen molar-refractivity contribution >= 4 is 12.1 Å². The molecule has 1 amide bonds. The number of carbonyl (C=O) groups is 2. The first-order chi connectivity index (χ1) is 8.65. The van der Waals surface area contributed by atoms with Gasteiger partial charge in [0.05, 0.1) is 6.61 Å². The van der Waals surface area contributed by atoms with Gasteiger partial charge in [-0.1, -0.05) is 0 Å². The number of hydrogen-bond donors (Lipinski definition) is 2. The third-order valence-corrected chi connectivity index (χ3v) is 1.94. The minimum atomic E-state index is -1.11. The number of carbonyl (C=O) groups excluding carboxylic acids is 2. The highest BCUT2D eigenvalue weighted by Gasteiger charge is 2.24. The van der Waals surface area contributed by atoms with E-state index in [9.17, 15) is 9.59 Å². The fourth-order valence-corrected chi connectivity index (χ4v) is 1.06. The topological polar surface area (TPSA) is 88.1 Å². The molecule has 0 saturated carbocycles. The van der Waals surface area contributed by atoms with Gasteiger partial charge >= 0.3 is 12.1 Å². The third kappa shape index (κ3) is 9.26. The normalized spacial score (nSPS) is 13.0. The molecule has 0 radical (unpaired) electrons. The van der Waals surface area contributed by atoms with E-state index in [2.05, 4.69) is 5.32 Å². The number of ether oxygens (including phenoxy) is 2. The van der Waals surface area contributed by atoms with Gasteiger partial charge in [-0.05, 0) is 34.9 Å². The van der Waals surface area contributed by atoms with E-state index < -0.39 is 30.3 Å². The summed E-state index contributed by atoms with van der Waals surface area (Å²) in [4.78, 5) is 24.9. The SMILES string of the molecule is CN(C)CCOC(=O)[C@H](CO)NC(=O)OC(C)(C)C. The lowest BCUT2D eigenvalue weighted by atomic mass is 10.2. The fourth-order valence-electron chi connectivity index (χ4n) is 1.06. The molecule has 0 aromatic heterocycles. The summed E-state index contributed by atoms with van der Waals surface area (Å²) >= 11 is 0. The molecule has 1 atom stereocenters. The number of amides is 1. The second kappa shape index (κ2) is 7.96. The fraction of sp³-hybridized carbons (Fsp3) is 0.833. The molecule has 0 aliphatic rings. The van der Waals surface area contributed by atoms with Crippen molar-refractivity contribution in [2.45, 2.75) is 32.4 Å². The Morgan fingerprint density at radius 2 is 1.89 bits per heavy atom. The molecule has 0 heterocycles. The zero-order chi connectivity index (χ0) is 15.1. The first kappa shape index (κ1) is 17.7. The quantitative estimate of drug-likeness (QED) is 0.663. The van der Waals surface area contributed by atoms with E-state index in [1.807, 2.05) is 19.0 Å². The zero-order valence-electron chi connectivity index (χ0n) is 12.2. The van der Waals surface area contributed by atoms with Gasteiger partial charge < -0.3 is 24.8 Å². The Hall–Kier alpha value is -1.34. The molecule has 0 aliphatic heterocycles. The molecular formula is C12H24N2O5. The minimum absolute atomic E-state index is 0.193. The van der Waals surface area contributed by atoms with Crippen molar-refractivity contribution in [2.75, 3.05) is 33.9 Å². The highest BCUT2D eigenvalue weighted by atomic mass is 16.6. The Bertz CT molecular complexity index is 299. The molecule has 7 nitrogen and oxygen atoms in total. The molecule has 0 rings (SSSR count). The molecule has 0 aromatic rings. The lowest BCUT2D eigenvalue weighted by Crippen LogP contribution is -2.46. The number of aliphatic hydroxyl groups excluding tert-OH is 1. The van der Waals surface area contributed by atoms with Crippen molar-refractivity contribution in [3.63, 3.8) is 0 Å². The van der Waals surface area contributed by atoms with Gasteiger partial charge in [-0.3, -0.25) is 0 Å². The molecule has 112 valence electrons. The summed E-state index contributed by atoms with van der Waals surface area (Å²) in [6.07, 6.45) is -0.767. The largest absolute Gasteiger partial charge is 0.463 e. The number of aliphatic hydroxyl groups is 1. The Morgan fingerprint density at radius 1 is 1.32 bits per heavy atom. The smallest absolute Gasteiger partial charge is 0.408 e. The van der Waals surface area contributed by atoms with Gasteiger partial charge in [0.15, 0.2) is 6.04 Å². The predicted molar refractivity (Wildman–Crippen MR) is 69.8 cm³/mol. The van der Waals surface area contributed by atoms with Crippen LogP contribution in [-0.2, 0) is 14.3 Å². The Kier molecular flexibility index (Phi) is 7.40. The van der Waals surface area contributed by atoms with Crippen LogP contribution < -0.4 is 5.32 Å². The summed E-state index contributed by atoms with van der Waals surface area (Å²) in [6.45, 7) is 5.33. The van der Waals surface area contributed by atoms with Gasteiger partial charge in [-0.2, -0.15) is 0 Å². The van der Waals surface area contributed by atoms with E-state index >= 15 is 0 Å². The second-order valence-electron chi connectivity index (χ2n) is 5.35. The number of esters is 1. The predicted octanol–water partition coefficient (Wildman–Crippen LogP) is -0.0232. The lowest BCUT2D eigenvalue weighted by molar-refractivity contribution is -0.147. The first-order valence-electron chi connectivity index (χ1n) is 6.07. The maximum Gasteiger partial charge on any atom is 0.408 e. The molecule has 0 fully saturated rings. The molecular weight excluding hydrogens is 252 g/mol. The van der Waals surface area contributed by atoms with Gasteiger partial charge in [0.1, 0.15) is 12.2 Å². The van der Waals surface area contributed by atoms with E-state index in [-0.39, 0.29) is 6.61 Å².